The normalized spacial score (nSPS) is 18.0. The molecule has 10 heteroatoms. The van der Waals surface area contributed by atoms with Gasteiger partial charge in [-0.2, -0.15) is 0 Å². The van der Waals surface area contributed by atoms with Crippen LogP contribution in [0.15, 0.2) is 66.2 Å². The molecule has 3 aromatic carbocycles. The number of carbonyl (C=O) groups excluding carboxylic acids is 2. The minimum atomic E-state index is -0.943. The number of amides is 1. The molecule has 1 amide bonds. The number of nitrogens with zero attached hydrogens (tertiary/aromatic N) is 2. The molecule has 6 rings (SSSR count). The minimum Gasteiger partial charge on any atom is -0.507 e. The van der Waals surface area contributed by atoms with Crippen molar-refractivity contribution in [2.24, 2.45) is 0 Å². The Morgan fingerprint density at radius 1 is 1.05 bits per heavy atom. The molecule has 198 valence electrons. The lowest BCUT2D eigenvalue weighted by atomic mass is 9.95. The molecule has 0 radical (unpaired) electrons. The average molecular weight is 545 g/mol. The van der Waals surface area contributed by atoms with E-state index in [1.165, 1.54) is 16.2 Å². The fourth-order valence-electron chi connectivity index (χ4n) is 4.76. The van der Waals surface area contributed by atoms with Crippen molar-refractivity contribution in [1.29, 1.82) is 0 Å². The van der Waals surface area contributed by atoms with E-state index in [1.807, 2.05) is 13.0 Å². The van der Waals surface area contributed by atoms with E-state index < -0.39 is 17.7 Å². The van der Waals surface area contributed by atoms with Crippen molar-refractivity contribution in [3.05, 3.63) is 77.4 Å². The van der Waals surface area contributed by atoms with Gasteiger partial charge in [0.1, 0.15) is 30.5 Å². The number of thiazole rings is 1. The maximum Gasteiger partial charge on any atom is 0.301 e. The SMILES string of the molecule is CCOc1cccc([C@@H]2/C(=C(\O)c3ccc4c(c3)OCCO4)C(=O)C(=O)N2c2nc3ccc(OC)cc3s2)c1. The molecule has 3 heterocycles. The summed E-state index contributed by atoms with van der Waals surface area (Å²) in [7, 11) is 1.57. The number of methoxy groups -OCH3 is 1. The van der Waals surface area contributed by atoms with E-state index in [0.29, 0.717) is 64.6 Å². The van der Waals surface area contributed by atoms with Crippen molar-refractivity contribution in [3.63, 3.8) is 0 Å². The highest BCUT2D eigenvalue weighted by Crippen LogP contribution is 2.45. The second-order valence-electron chi connectivity index (χ2n) is 8.86. The molecule has 1 saturated heterocycles. The summed E-state index contributed by atoms with van der Waals surface area (Å²) >= 11 is 1.26. The summed E-state index contributed by atoms with van der Waals surface area (Å²) in [5.74, 6) is 0.312. The van der Waals surface area contributed by atoms with Gasteiger partial charge in [-0.25, -0.2) is 4.98 Å². The molecule has 1 fully saturated rings. The molecule has 9 nitrogen and oxygen atoms in total. The lowest BCUT2D eigenvalue weighted by Gasteiger charge is -2.23. The third-order valence-electron chi connectivity index (χ3n) is 6.54. The van der Waals surface area contributed by atoms with Crippen molar-refractivity contribution in [2.45, 2.75) is 13.0 Å². The highest BCUT2D eigenvalue weighted by molar-refractivity contribution is 7.22. The van der Waals surface area contributed by atoms with Crippen LogP contribution in [0.4, 0.5) is 5.13 Å². The topological polar surface area (TPSA) is 107 Å². The fourth-order valence-corrected chi connectivity index (χ4v) is 5.78. The lowest BCUT2D eigenvalue weighted by Crippen LogP contribution is -2.29. The molecule has 1 aromatic heterocycles. The van der Waals surface area contributed by atoms with Gasteiger partial charge in [-0.15, -0.1) is 0 Å². The quantitative estimate of drug-likeness (QED) is 0.203. The number of anilines is 1. The second kappa shape index (κ2) is 9.95. The number of fused-ring (bicyclic) bond motifs is 2. The van der Waals surface area contributed by atoms with E-state index in [0.717, 1.165) is 4.70 Å². The Hall–Kier alpha value is -4.57. The van der Waals surface area contributed by atoms with E-state index in [1.54, 1.807) is 61.7 Å². The number of aliphatic hydroxyl groups is 1. The third kappa shape index (κ3) is 4.32. The number of aromatic nitrogens is 1. The van der Waals surface area contributed by atoms with Crippen LogP contribution in [0.1, 0.15) is 24.1 Å². The Morgan fingerprint density at radius 3 is 2.67 bits per heavy atom. The summed E-state index contributed by atoms with van der Waals surface area (Å²) in [6.07, 6.45) is 0. The number of rotatable bonds is 6. The Balaban J connectivity index is 1.53. The number of carbonyl (C=O) groups is 2. The zero-order valence-corrected chi connectivity index (χ0v) is 22.0. The van der Waals surface area contributed by atoms with Gasteiger partial charge in [0.15, 0.2) is 16.6 Å². The van der Waals surface area contributed by atoms with Crippen LogP contribution in [-0.2, 0) is 9.59 Å². The summed E-state index contributed by atoms with van der Waals surface area (Å²) in [5.41, 5.74) is 1.53. The van der Waals surface area contributed by atoms with Crippen molar-refractivity contribution in [2.75, 3.05) is 31.8 Å². The van der Waals surface area contributed by atoms with E-state index in [4.69, 9.17) is 18.9 Å². The molecule has 2 aliphatic heterocycles. The first-order valence-corrected chi connectivity index (χ1v) is 13.2. The molecule has 0 aliphatic carbocycles. The van der Waals surface area contributed by atoms with Crippen LogP contribution in [0.2, 0.25) is 0 Å². The highest BCUT2D eigenvalue weighted by Gasteiger charge is 2.48. The predicted octanol–water partition coefficient (Wildman–Crippen LogP) is 5.10. The number of hydrogen-bond donors (Lipinski definition) is 1. The molecular weight excluding hydrogens is 520 g/mol. The molecule has 1 N–H and O–H groups in total. The monoisotopic (exact) mass is 544 g/mol. The molecule has 39 heavy (non-hydrogen) atoms. The number of ether oxygens (including phenoxy) is 4. The van der Waals surface area contributed by atoms with E-state index >= 15 is 0 Å². The van der Waals surface area contributed by atoms with Crippen LogP contribution in [0.25, 0.3) is 16.0 Å². The zero-order valence-electron chi connectivity index (χ0n) is 21.2. The van der Waals surface area contributed by atoms with Crippen LogP contribution >= 0.6 is 11.3 Å². The van der Waals surface area contributed by atoms with E-state index in [2.05, 4.69) is 4.98 Å². The smallest absolute Gasteiger partial charge is 0.301 e. The Bertz CT molecular complexity index is 1640. The Labute approximate surface area is 227 Å². The van der Waals surface area contributed by atoms with Gasteiger partial charge in [0.25, 0.3) is 5.78 Å². The number of aliphatic hydroxyl groups excluding tert-OH is 1. The third-order valence-corrected chi connectivity index (χ3v) is 7.55. The average Bonchev–Trinajstić information content (AvgIpc) is 3.50. The Kier molecular flexibility index (Phi) is 6.32. The van der Waals surface area contributed by atoms with Crippen molar-refractivity contribution in [3.8, 4) is 23.0 Å². The van der Waals surface area contributed by atoms with Gasteiger partial charge in [0, 0.05) is 5.56 Å². The summed E-state index contributed by atoms with van der Waals surface area (Å²) in [6.45, 7) is 3.11. The molecular formula is C29H24N2O7S. The van der Waals surface area contributed by atoms with Gasteiger partial charge in [-0.3, -0.25) is 14.5 Å². The second-order valence-corrected chi connectivity index (χ2v) is 9.87. The predicted molar refractivity (Wildman–Crippen MR) is 146 cm³/mol. The molecule has 1 atom stereocenters. The molecule has 0 spiro atoms. The maximum atomic E-state index is 13.6. The Morgan fingerprint density at radius 2 is 1.87 bits per heavy atom. The van der Waals surface area contributed by atoms with Crippen LogP contribution < -0.4 is 23.8 Å². The van der Waals surface area contributed by atoms with Gasteiger partial charge in [0.05, 0.1) is 35.5 Å². The number of Topliss-reactive ketones (excluding diaryl/α,β-unsaturated/α-hetero) is 1. The molecule has 2 aliphatic rings. The van der Waals surface area contributed by atoms with E-state index in [-0.39, 0.29) is 11.3 Å². The van der Waals surface area contributed by atoms with Gasteiger partial charge in [0.2, 0.25) is 0 Å². The summed E-state index contributed by atoms with van der Waals surface area (Å²) in [4.78, 5) is 33.1. The van der Waals surface area contributed by atoms with Gasteiger partial charge in [-0.05, 0) is 61.0 Å². The van der Waals surface area contributed by atoms with Gasteiger partial charge < -0.3 is 24.1 Å². The molecule has 0 unspecified atom stereocenters. The van der Waals surface area contributed by atoms with Crippen LogP contribution in [0, 0.1) is 0 Å². The standard InChI is InChI=1S/C29H24N2O7S/c1-3-36-19-6-4-5-16(13-19)25-24(26(32)17-7-10-21-22(14-17)38-12-11-37-21)27(33)28(34)31(25)29-30-20-9-8-18(35-2)15-23(20)39-29/h4-10,13-15,25,32H,3,11-12H2,1-2H3/b26-24+/t25-/m1/s1. The van der Waals surface area contributed by atoms with Crippen LogP contribution in [0.5, 0.6) is 23.0 Å². The molecule has 0 bridgehead atoms. The first-order valence-electron chi connectivity index (χ1n) is 12.4. The van der Waals surface area contributed by atoms with Crippen LogP contribution in [-0.4, -0.2) is 48.7 Å². The first kappa shape index (κ1) is 24.7. The first-order chi connectivity index (χ1) is 19.0. The highest BCUT2D eigenvalue weighted by atomic mass is 32.1. The summed E-state index contributed by atoms with van der Waals surface area (Å²) in [5, 5.41) is 11.8. The van der Waals surface area contributed by atoms with Gasteiger partial charge in [-0.1, -0.05) is 23.5 Å². The minimum absolute atomic E-state index is 0.0536. The van der Waals surface area contributed by atoms with Crippen molar-refractivity contribution >= 4 is 44.1 Å². The molecule has 4 aromatic rings. The van der Waals surface area contributed by atoms with E-state index in [9.17, 15) is 14.7 Å². The van der Waals surface area contributed by atoms with Crippen molar-refractivity contribution < 1.29 is 33.6 Å². The lowest BCUT2D eigenvalue weighted by molar-refractivity contribution is -0.132. The van der Waals surface area contributed by atoms with Crippen LogP contribution in [0.3, 0.4) is 0 Å². The molecule has 0 saturated carbocycles. The van der Waals surface area contributed by atoms with Gasteiger partial charge >= 0.3 is 5.91 Å². The fraction of sp³-hybridized carbons (Fsp3) is 0.207. The summed E-state index contributed by atoms with van der Waals surface area (Å²) in [6, 6.07) is 16.5. The summed E-state index contributed by atoms with van der Waals surface area (Å²) < 4.78 is 23.1. The number of ketones is 1. The van der Waals surface area contributed by atoms with Crippen molar-refractivity contribution in [1.82, 2.24) is 4.98 Å². The zero-order chi connectivity index (χ0) is 27.1. The largest absolute Gasteiger partial charge is 0.507 e. The maximum absolute atomic E-state index is 13.6. The number of hydrogen-bond acceptors (Lipinski definition) is 9. The number of benzene rings is 3.